The summed E-state index contributed by atoms with van der Waals surface area (Å²) in [5.74, 6) is -1.81. The minimum Gasteiger partial charge on any atom is -0.481 e. The predicted molar refractivity (Wildman–Crippen MR) is 64.8 cm³/mol. The lowest BCUT2D eigenvalue weighted by Crippen LogP contribution is -2.43. The Labute approximate surface area is 104 Å². The molecular formula is C12H15NO3S. The van der Waals surface area contributed by atoms with E-state index in [0.29, 0.717) is 19.4 Å². The van der Waals surface area contributed by atoms with E-state index in [1.54, 1.807) is 11.3 Å². The lowest BCUT2D eigenvalue weighted by Gasteiger charge is -2.31. The highest BCUT2D eigenvalue weighted by Gasteiger charge is 2.41. The summed E-state index contributed by atoms with van der Waals surface area (Å²) in [4.78, 5) is 24.9. The number of rotatable bonds is 4. The Bertz CT molecular complexity index is 441. The maximum atomic E-state index is 11.8. The van der Waals surface area contributed by atoms with Gasteiger partial charge in [-0.3, -0.25) is 9.59 Å². The van der Waals surface area contributed by atoms with Gasteiger partial charge in [-0.25, -0.2) is 0 Å². The highest BCUT2D eigenvalue weighted by atomic mass is 32.1. The van der Waals surface area contributed by atoms with E-state index < -0.39 is 11.9 Å². The molecule has 0 radical (unpaired) electrons. The van der Waals surface area contributed by atoms with Gasteiger partial charge in [0.15, 0.2) is 0 Å². The van der Waals surface area contributed by atoms with Crippen molar-refractivity contribution in [3.05, 3.63) is 21.9 Å². The van der Waals surface area contributed by atoms with Crippen LogP contribution in [0.5, 0.6) is 0 Å². The van der Waals surface area contributed by atoms with Gasteiger partial charge < -0.3 is 10.4 Å². The van der Waals surface area contributed by atoms with Gasteiger partial charge in [-0.2, -0.15) is 0 Å². The van der Waals surface area contributed by atoms with Gasteiger partial charge >= 0.3 is 5.97 Å². The number of hydrogen-bond donors (Lipinski definition) is 2. The van der Waals surface area contributed by atoms with Crippen molar-refractivity contribution in [2.75, 3.05) is 0 Å². The fourth-order valence-corrected chi connectivity index (χ4v) is 2.82. The predicted octanol–water partition coefficient (Wildman–Crippen LogP) is 1.78. The summed E-state index contributed by atoms with van der Waals surface area (Å²) in [5.41, 5.74) is 0. The molecule has 92 valence electrons. The summed E-state index contributed by atoms with van der Waals surface area (Å²) >= 11 is 1.64. The van der Waals surface area contributed by atoms with Crippen LogP contribution in [0.1, 0.15) is 22.6 Å². The van der Waals surface area contributed by atoms with Crippen LogP contribution in [0.15, 0.2) is 12.1 Å². The first-order valence-corrected chi connectivity index (χ1v) is 6.45. The minimum absolute atomic E-state index is 0.130. The Kier molecular flexibility index (Phi) is 3.47. The standard InChI is InChI=1S/C12H15NO3S/c1-7-2-3-8(17-7)6-13-11(14)9-4-5-10(9)12(15)16/h2-3,9-10H,4-6H2,1H3,(H,13,14)(H,15,16). The molecule has 1 heterocycles. The molecule has 4 nitrogen and oxygen atoms in total. The number of aliphatic carboxylic acids is 1. The van der Waals surface area contributed by atoms with Crippen LogP contribution in [0, 0.1) is 18.8 Å². The zero-order chi connectivity index (χ0) is 12.4. The van der Waals surface area contributed by atoms with E-state index >= 15 is 0 Å². The minimum atomic E-state index is -0.858. The highest BCUT2D eigenvalue weighted by Crippen LogP contribution is 2.34. The van der Waals surface area contributed by atoms with Crippen molar-refractivity contribution in [3.8, 4) is 0 Å². The molecule has 1 aromatic heterocycles. The maximum Gasteiger partial charge on any atom is 0.307 e. The molecule has 2 atom stereocenters. The number of amides is 1. The summed E-state index contributed by atoms with van der Waals surface area (Å²) in [6.45, 7) is 2.52. The molecule has 1 aliphatic rings. The van der Waals surface area contributed by atoms with Gasteiger partial charge in [0, 0.05) is 9.75 Å². The second-order valence-electron chi connectivity index (χ2n) is 4.36. The average Bonchev–Trinajstić information content (AvgIpc) is 2.58. The fourth-order valence-electron chi connectivity index (χ4n) is 1.99. The van der Waals surface area contributed by atoms with Crippen LogP contribution in [0.2, 0.25) is 0 Å². The van der Waals surface area contributed by atoms with Crippen molar-refractivity contribution in [2.24, 2.45) is 11.8 Å². The van der Waals surface area contributed by atoms with E-state index in [0.717, 1.165) is 4.88 Å². The lowest BCUT2D eigenvalue weighted by molar-refractivity contribution is -0.152. The molecule has 5 heteroatoms. The molecule has 1 saturated carbocycles. The summed E-state index contributed by atoms with van der Waals surface area (Å²) in [5, 5.41) is 11.7. The first-order valence-electron chi connectivity index (χ1n) is 5.64. The molecule has 0 aromatic carbocycles. The Morgan fingerprint density at radius 3 is 2.59 bits per heavy atom. The van der Waals surface area contributed by atoms with E-state index in [4.69, 9.17) is 5.11 Å². The number of nitrogens with one attached hydrogen (secondary N) is 1. The van der Waals surface area contributed by atoms with Gasteiger partial charge in [-0.15, -0.1) is 11.3 Å². The van der Waals surface area contributed by atoms with Gasteiger partial charge in [0.1, 0.15) is 0 Å². The van der Waals surface area contributed by atoms with E-state index in [1.165, 1.54) is 4.88 Å². The quantitative estimate of drug-likeness (QED) is 0.859. The van der Waals surface area contributed by atoms with Crippen molar-refractivity contribution in [3.63, 3.8) is 0 Å². The van der Waals surface area contributed by atoms with Crippen LogP contribution in [0.4, 0.5) is 0 Å². The number of thiophene rings is 1. The van der Waals surface area contributed by atoms with Gasteiger partial charge in [-0.05, 0) is 31.9 Å². The fraction of sp³-hybridized carbons (Fsp3) is 0.500. The Morgan fingerprint density at radius 2 is 2.12 bits per heavy atom. The number of carboxylic acids is 1. The molecule has 1 aliphatic carbocycles. The number of carbonyl (C=O) groups is 2. The van der Waals surface area contributed by atoms with Crippen molar-refractivity contribution in [1.29, 1.82) is 0 Å². The van der Waals surface area contributed by atoms with Gasteiger partial charge in [0.25, 0.3) is 0 Å². The van der Waals surface area contributed by atoms with Crippen molar-refractivity contribution < 1.29 is 14.7 Å². The SMILES string of the molecule is Cc1ccc(CNC(=O)C2CCC2C(=O)O)s1. The summed E-state index contributed by atoms with van der Waals surface area (Å²) in [6.07, 6.45) is 1.30. The van der Waals surface area contributed by atoms with Crippen LogP contribution in [0.25, 0.3) is 0 Å². The molecular weight excluding hydrogens is 238 g/mol. The normalized spacial score (nSPS) is 22.9. The molecule has 2 rings (SSSR count). The topological polar surface area (TPSA) is 66.4 Å². The second-order valence-corrected chi connectivity index (χ2v) is 5.73. The molecule has 0 bridgehead atoms. The van der Waals surface area contributed by atoms with Crippen LogP contribution >= 0.6 is 11.3 Å². The third-order valence-corrected chi connectivity index (χ3v) is 4.16. The average molecular weight is 253 g/mol. The first-order chi connectivity index (χ1) is 8.08. The zero-order valence-corrected chi connectivity index (χ0v) is 10.4. The molecule has 0 aliphatic heterocycles. The van der Waals surface area contributed by atoms with Crippen molar-refractivity contribution in [1.82, 2.24) is 5.32 Å². The monoisotopic (exact) mass is 253 g/mol. The molecule has 2 N–H and O–H groups in total. The molecule has 1 amide bonds. The number of hydrogen-bond acceptors (Lipinski definition) is 3. The first kappa shape index (κ1) is 12.1. The molecule has 0 spiro atoms. The molecule has 2 unspecified atom stereocenters. The lowest BCUT2D eigenvalue weighted by atomic mass is 9.73. The van der Waals surface area contributed by atoms with Crippen molar-refractivity contribution >= 4 is 23.2 Å². The van der Waals surface area contributed by atoms with Gasteiger partial charge in [0.2, 0.25) is 5.91 Å². The van der Waals surface area contributed by atoms with Crippen molar-refractivity contribution in [2.45, 2.75) is 26.3 Å². The van der Waals surface area contributed by atoms with E-state index in [1.807, 2.05) is 19.1 Å². The zero-order valence-electron chi connectivity index (χ0n) is 9.60. The highest BCUT2D eigenvalue weighted by molar-refractivity contribution is 7.11. The van der Waals surface area contributed by atoms with E-state index in [-0.39, 0.29) is 11.8 Å². The van der Waals surface area contributed by atoms with Crippen LogP contribution in [-0.2, 0) is 16.1 Å². The Balaban J connectivity index is 1.84. The van der Waals surface area contributed by atoms with Crippen LogP contribution < -0.4 is 5.32 Å². The Morgan fingerprint density at radius 1 is 1.41 bits per heavy atom. The van der Waals surface area contributed by atoms with Gasteiger partial charge in [0.05, 0.1) is 18.4 Å². The summed E-state index contributed by atoms with van der Waals surface area (Å²) < 4.78 is 0. The van der Waals surface area contributed by atoms with E-state index in [9.17, 15) is 9.59 Å². The van der Waals surface area contributed by atoms with Gasteiger partial charge in [-0.1, -0.05) is 0 Å². The molecule has 1 aromatic rings. The third kappa shape index (κ3) is 2.66. The molecule has 1 fully saturated rings. The van der Waals surface area contributed by atoms with Crippen LogP contribution in [0.3, 0.4) is 0 Å². The smallest absolute Gasteiger partial charge is 0.307 e. The number of carbonyl (C=O) groups excluding carboxylic acids is 1. The van der Waals surface area contributed by atoms with E-state index in [2.05, 4.69) is 5.32 Å². The van der Waals surface area contributed by atoms with Crippen LogP contribution in [-0.4, -0.2) is 17.0 Å². The summed E-state index contributed by atoms with van der Waals surface area (Å²) in [7, 11) is 0. The number of carboxylic acid groups (broad SMARTS) is 1. The Hall–Kier alpha value is -1.36. The molecule has 0 saturated heterocycles. The maximum absolute atomic E-state index is 11.8. The largest absolute Gasteiger partial charge is 0.481 e. The number of aryl methyl sites for hydroxylation is 1. The summed E-state index contributed by atoms with van der Waals surface area (Å²) in [6, 6.07) is 3.99. The molecule has 17 heavy (non-hydrogen) atoms. The third-order valence-electron chi connectivity index (χ3n) is 3.16. The second kappa shape index (κ2) is 4.87.